The quantitative estimate of drug-likeness (QED) is 0.873. The van der Waals surface area contributed by atoms with E-state index in [1.165, 1.54) is 37.0 Å². The van der Waals surface area contributed by atoms with Gasteiger partial charge in [0.1, 0.15) is 0 Å². The number of nitrogens with two attached hydrogens (primary N) is 1. The van der Waals surface area contributed by atoms with E-state index in [1.807, 2.05) is 6.20 Å². The molecule has 0 aromatic carbocycles. The summed E-state index contributed by atoms with van der Waals surface area (Å²) >= 11 is 1.62. The molecule has 0 unspecified atom stereocenters. The van der Waals surface area contributed by atoms with Crippen LogP contribution >= 0.6 is 11.3 Å². The number of likely N-dealkylation sites (tertiary alicyclic amines) is 1. The van der Waals surface area contributed by atoms with E-state index >= 15 is 0 Å². The standard InChI is InChI=1S/C13H20N4OS/c14-10-7-17(8-10)13(18)16-12-15-6-11(19-12)9-4-2-1-3-5-9/h6,9-10H,1-5,7-8,14H2,(H,15,16,18). The van der Waals surface area contributed by atoms with Crippen LogP contribution in [0, 0.1) is 0 Å². The molecule has 0 atom stereocenters. The van der Waals surface area contributed by atoms with Gasteiger partial charge in [0.25, 0.3) is 0 Å². The highest BCUT2D eigenvalue weighted by molar-refractivity contribution is 7.15. The first-order chi connectivity index (χ1) is 9.22. The second-order valence-electron chi connectivity index (χ2n) is 5.50. The van der Waals surface area contributed by atoms with Crippen molar-refractivity contribution >= 4 is 22.5 Å². The van der Waals surface area contributed by atoms with Crippen molar-refractivity contribution in [1.29, 1.82) is 0 Å². The van der Waals surface area contributed by atoms with Crippen LogP contribution in [-0.2, 0) is 0 Å². The van der Waals surface area contributed by atoms with E-state index in [9.17, 15) is 4.79 Å². The Bertz CT molecular complexity index is 449. The molecule has 19 heavy (non-hydrogen) atoms. The molecular weight excluding hydrogens is 260 g/mol. The number of thiazole rings is 1. The summed E-state index contributed by atoms with van der Waals surface area (Å²) in [5.41, 5.74) is 5.67. The van der Waals surface area contributed by atoms with E-state index in [1.54, 1.807) is 16.2 Å². The van der Waals surface area contributed by atoms with E-state index in [4.69, 9.17) is 5.73 Å². The molecule has 2 aliphatic rings. The highest BCUT2D eigenvalue weighted by atomic mass is 32.1. The molecular formula is C13H20N4OS. The lowest BCUT2D eigenvalue weighted by Gasteiger charge is -2.36. The number of nitrogens with one attached hydrogen (secondary N) is 1. The van der Waals surface area contributed by atoms with Crippen LogP contribution < -0.4 is 11.1 Å². The Morgan fingerprint density at radius 3 is 2.79 bits per heavy atom. The predicted molar refractivity (Wildman–Crippen MR) is 76.5 cm³/mol. The lowest BCUT2D eigenvalue weighted by Crippen LogP contribution is -2.58. The molecule has 5 nitrogen and oxygen atoms in total. The van der Waals surface area contributed by atoms with Gasteiger partial charge in [-0.05, 0) is 18.8 Å². The summed E-state index contributed by atoms with van der Waals surface area (Å²) in [6.45, 7) is 1.29. The number of amides is 2. The molecule has 1 saturated carbocycles. The van der Waals surface area contributed by atoms with Gasteiger partial charge in [-0.1, -0.05) is 19.3 Å². The Balaban J connectivity index is 1.57. The smallest absolute Gasteiger partial charge is 0.323 e. The molecule has 3 rings (SSSR count). The van der Waals surface area contributed by atoms with Crippen LogP contribution in [-0.4, -0.2) is 35.0 Å². The molecule has 2 heterocycles. The first kappa shape index (κ1) is 12.9. The monoisotopic (exact) mass is 280 g/mol. The van der Waals surface area contributed by atoms with Crippen LogP contribution in [0.5, 0.6) is 0 Å². The van der Waals surface area contributed by atoms with Crippen molar-refractivity contribution < 1.29 is 4.79 Å². The molecule has 1 saturated heterocycles. The number of hydrogen-bond acceptors (Lipinski definition) is 4. The highest BCUT2D eigenvalue weighted by Crippen LogP contribution is 2.36. The number of urea groups is 1. The zero-order valence-corrected chi connectivity index (χ0v) is 11.8. The van der Waals surface area contributed by atoms with Crippen LogP contribution in [0.15, 0.2) is 6.20 Å². The number of aromatic nitrogens is 1. The van der Waals surface area contributed by atoms with E-state index in [-0.39, 0.29) is 12.1 Å². The minimum absolute atomic E-state index is 0.0776. The van der Waals surface area contributed by atoms with E-state index < -0.39 is 0 Å². The minimum Gasteiger partial charge on any atom is -0.325 e. The molecule has 0 spiro atoms. The van der Waals surface area contributed by atoms with Gasteiger partial charge in [-0.3, -0.25) is 5.32 Å². The number of anilines is 1. The van der Waals surface area contributed by atoms with E-state index in [2.05, 4.69) is 10.3 Å². The largest absolute Gasteiger partial charge is 0.325 e. The zero-order valence-electron chi connectivity index (χ0n) is 11.0. The lowest BCUT2D eigenvalue weighted by molar-refractivity contribution is 0.165. The van der Waals surface area contributed by atoms with Gasteiger partial charge in [0.2, 0.25) is 0 Å². The van der Waals surface area contributed by atoms with Crippen LogP contribution in [0.25, 0.3) is 0 Å². The number of rotatable bonds is 2. The average Bonchev–Trinajstić information content (AvgIpc) is 2.84. The second kappa shape index (κ2) is 5.46. The number of nitrogens with zero attached hydrogens (tertiary/aromatic N) is 2. The molecule has 1 aliphatic carbocycles. The van der Waals surface area contributed by atoms with Crippen molar-refractivity contribution in [1.82, 2.24) is 9.88 Å². The normalized spacial score (nSPS) is 21.2. The number of hydrogen-bond donors (Lipinski definition) is 2. The zero-order chi connectivity index (χ0) is 13.2. The lowest BCUT2D eigenvalue weighted by atomic mass is 9.89. The molecule has 0 bridgehead atoms. The fraction of sp³-hybridized carbons (Fsp3) is 0.692. The van der Waals surface area contributed by atoms with Gasteiger partial charge < -0.3 is 10.6 Å². The Hall–Kier alpha value is -1.14. The van der Waals surface area contributed by atoms with Gasteiger partial charge in [0, 0.05) is 30.2 Å². The van der Waals surface area contributed by atoms with Gasteiger partial charge in [-0.25, -0.2) is 9.78 Å². The van der Waals surface area contributed by atoms with Gasteiger partial charge in [-0.15, -0.1) is 11.3 Å². The van der Waals surface area contributed by atoms with E-state index in [0.29, 0.717) is 24.1 Å². The molecule has 1 aromatic rings. The third kappa shape index (κ3) is 2.90. The van der Waals surface area contributed by atoms with Gasteiger partial charge >= 0.3 is 6.03 Å². The summed E-state index contributed by atoms with van der Waals surface area (Å²) in [5, 5.41) is 3.58. The topological polar surface area (TPSA) is 71.2 Å². The molecule has 0 radical (unpaired) electrons. The Labute approximate surface area is 117 Å². The predicted octanol–water partition coefficient (Wildman–Crippen LogP) is 2.37. The molecule has 1 aliphatic heterocycles. The van der Waals surface area contributed by atoms with Gasteiger partial charge in [-0.2, -0.15) is 0 Å². The summed E-state index contributed by atoms with van der Waals surface area (Å²) in [6, 6.07) is 0.0612. The molecule has 104 valence electrons. The van der Waals surface area contributed by atoms with Crippen molar-refractivity contribution in [3.63, 3.8) is 0 Å². The Morgan fingerprint density at radius 2 is 2.11 bits per heavy atom. The summed E-state index contributed by atoms with van der Waals surface area (Å²) in [4.78, 5) is 19.2. The van der Waals surface area contributed by atoms with Gasteiger partial charge in [0.15, 0.2) is 5.13 Å². The van der Waals surface area contributed by atoms with Crippen LogP contribution in [0.2, 0.25) is 0 Å². The minimum atomic E-state index is -0.0776. The molecule has 3 N–H and O–H groups in total. The number of carbonyl (C=O) groups excluding carboxylic acids is 1. The van der Waals surface area contributed by atoms with Crippen molar-refractivity contribution in [2.75, 3.05) is 18.4 Å². The van der Waals surface area contributed by atoms with Crippen molar-refractivity contribution in [2.45, 2.75) is 44.1 Å². The van der Waals surface area contributed by atoms with Crippen molar-refractivity contribution in [3.05, 3.63) is 11.1 Å². The fourth-order valence-corrected chi connectivity index (χ4v) is 3.74. The molecule has 1 aromatic heterocycles. The molecule has 2 amide bonds. The first-order valence-electron chi connectivity index (χ1n) is 6.99. The third-order valence-electron chi connectivity index (χ3n) is 3.94. The molecule has 6 heteroatoms. The molecule has 2 fully saturated rings. The summed E-state index contributed by atoms with van der Waals surface area (Å²) in [5.74, 6) is 0.648. The maximum atomic E-state index is 11.9. The van der Waals surface area contributed by atoms with Crippen molar-refractivity contribution in [3.8, 4) is 0 Å². The van der Waals surface area contributed by atoms with Gasteiger partial charge in [0.05, 0.1) is 0 Å². The maximum Gasteiger partial charge on any atom is 0.323 e. The Morgan fingerprint density at radius 1 is 1.37 bits per heavy atom. The van der Waals surface area contributed by atoms with Crippen LogP contribution in [0.4, 0.5) is 9.93 Å². The van der Waals surface area contributed by atoms with Crippen LogP contribution in [0.1, 0.15) is 42.9 Å². The average molecular weight is 280 g/mol. The highest BCUT2D eigenvalue weighted by Gasteiger charge is 2.28. The Kier molecular flexibility index (Phi) is 3.70. The van der Waals surface area contributed by atoms with Crippen LogP contribution in [0.3, 0.4) is 0 Å². The second-order valence-corrected chi connectivity index (χ2v) is 6.56. The summed E-state index contributed by atoms with van der Waals surface area (Å²) in [7, 11) is 0. The van der Waals surface area contributed by atoms with Crippen molar-refractivity contribution in [2.24, 2.45) is 5.73 Å². The summed E-state index contributed by atoms with van der Waals surface area (Å²) in [6.07, 6.45) is 8.44. The third-order valence-corrected chi connectivity index (χ3v) is 5.02. The SMILES string of the molecule is NC1CN(C(=O)Nc2ncc(C3CCCCC3)s2)C1. The van der Waals surface area contributed by atoms with E-state index in [0.717, 1.165) is 0 Å². The summed E-state index contributed by atoms with van der Waals surface area (Å²) < 4.78 is 0. The first-order valence-corrected chi connectivity index (χ1v) is 7.81. The number of carbonyl (C=O) groups is 1. The maximum absolute atomic E-state index is 11.9. The fourth-order valence-electron chi connectivity index (χ4n) is 2.77.